The van der Waals surface area contributed by atoms with Gasteiger partial charge >= 0.3 is 0 Å². The van der Waals surface area contributed by atoms with E-state index in [-0.39, 0.29) is 37.9 Å². The number of rotatable bonds is 8. The van der Waals surface area contributed by atoms with E-state index in [1.165, 1.54) is 18.6 Å². The molecule has 1 fully saturated rings. The minimum absolute atomic E-state index is 0.0297. The van der Waals surface area contributed by atoms with Crippen LogP contribution in [0.25, 0.3) is 0 Å². The highest BCUT2D eigenvalue weighted by Gasteiger charge is 2.35. The minimum Gasteiger partial charge on any atom is -0.488 e. The third-order valence-electron chi connectivity index (χ3n) is 5.87. The second kappa shape index (κ2) is 10.7. The molecule has 6 heteroatoms. The van der Waals surface area contributed by atoms with Gasteiger partial charge in [-0.1, -0.05) is 44.2 Å². The summed E-state index contributed by atoms with van der Waals surface area (Å²) in [7, 11) is 0. The second-order valence-corrected chi connectivity index (χ2v) is 7.78. The predicted octanol–water partition coefficient (Wildman–Crippen LogP) is 4.74. The molecule has 164 valence electrons. The molecule has 2 aromatic carbocycles. The molecular formula is C24H30F2O4. The van der Waals surface area contributed by atoms with Gasteiger partial charge in [0.2, 0.25) is 0 Å². The van der Waals surface area contributed by atoms with Crippen LogP contribution in [0, 0.1) is 11.6 Å². The first-order valence-electron chi connectivity index (χ1n) is 10.7. The lowest BCUT2D eigenvalue weighted by Crippen LogP contribution is -2.29. The maximum Gasteiger partial charge on any atom is 0.165 e. The molecule has 1 saturated carbocycles. The van der Waals surface area contributed by atoms with Crippen molar-refractivity contribution in [2.75, 3.05) is 26.4 Å². The fourth-order valence-corrected chi connectivity index (χ4v) is 4.40. The quantitative estimate of drug-likeness (QED) is 0.648. The Morgan fingerprint density at radius 3 is 1.53 bits per heavy atom. The van der Waals surface area contributed by atoms with Crippen molar-refractivity contribution in [3.05, 3.63) is 59.2 Å². The largest absolute Gasteiger partial charge is 0.488 e. The van der Waals surface area contributed by atoms with E-state index < -0.39 is 17.0 Å². The Labute approximate surface area is 176 Å². The second-order valence-electron chi connectivity index (χ2n) is 7.78. The fourth-order valence-electron chi connectivity index (χ4n) is 4.40. The molecule has 0 heterocycles. The van der Waals surface area contributed by atoms with E-state index in [0.717, 1.165) is 49.7 Å². The Kier molecular flexibility index (Phi) is 8.05. The Morgan fingerprint density at radius 2 is 1.13 bits per heavy atom. The van der Waals surface area contributed by atoms with Crippen LogP contribution in [0.3, 0.4) is 0 Å². The van der Waals surface area contributed by atoms with Crippen LogP contribution in [0.2, 0.25) is 0 Å². The molecule has 0 unspecified atom stereocenters. The van der Waals surface area contributed by atoms with Crippen molar-refractivity contribution in [1.82, 2.24) is 0 Å². The minimum atomic E-state index is -0.493. The average molecular weight is 420 g/mol. The summed E-state index contributed by atoms with van der Waals surface area (Å²) in [6.45, 7) is -0.311. The number of aliphatic hydroxyl groups is 2. The lowest BCUT2D eigenvalue weighted by molar-refractivity contribution is 0.196. The number of hydrogen-bond acceptors (Lipinski definition) is 4. The first-order valence-corrected chi connectivity index (χ1v) is 10.7. The van der Waals surface area contributed by atoms with E-state index in [1.54, 1.807) is 12.1 Å². The molecule has 0 radical (unpaired) electrons. The number of hydrogen-bond donors (Lipinski definition) is 2. The van der Waals surface area contributed by atoms with Crippen molar-refractivity contribution < 1.29 is 28.5 Å². The Bertz CT molecular complexity index is 757. The van der Waals surface area contributed by atoms with Gasteiger partial charge < -0.3 is 19.7 Å². The SMILES string of the molecule is OCCOc1ccc(C2(c3ccc(OCCO)c(F)c3)CCCCCCC2)cc1F. The van der Waals surface area contributed by atoms with Crippen LogP contribution < -0.4 is 9.47 Å². The van der Waals surface area contributed by atoms with Gasteiger partial charge in [-0.25, -0.2) is 8.78 Å². The summed E-state index contributed by atoms with van der Waals surface area (Å²) in [4.78, 5) is 0. The summed E-state index contributed by atoms with van der Waals surface area (Å²) in [5.74, 6) is -0.753. The summed E-state index contributed by atoms with van der Waals surface area (Å²) in [6, 6.07) is 9.87. The zero-order chi connectivity index (χ0) is 21.4. The van der Waals surface area contributed by atoms with Gasteiger partial charge in [0.15, 0.2) is 23.1 Å². The summed E-state index contributed by atoms with van der Waals surface area (Å²) in [5, 5.41) is 17.8. The molecule has 0 aromatic heterocycles. The summed E-state index contributed by atoms with van der Waals surface area (Å²) < 4.78 is 40.0. The maximum atomic E-state index is 14.8. The number of aliphatic hydroxyl groups excluding tert-OH is 2. The molecule has 0 saturated heterocycles. The van der Waals surface area contributed by atoms with Gasteiger partial charge in [0.25, 0.3) is 0 Å². The van der Waals surface area contributed by atoms with Crippen LogP contribution in [-0.2, 0) is 5.41 Å². The first-order chi connectivity index (χ1) is 14.6. The van der Waals surface area contributed by atoms with E-state index in [4.69, 9.17) is 19.7 Å². The zero-order valence-corrected chi connectivity index (χ0v) is 17.2. The number of benzene rings is 2. The Hall–Kier alpha value is -2.18. The third-order valence-corrected chi connectivity index (χ3v) is 5.87. The molecule has 1 aliphatic rings. The highest BCUT2D eigenvalue weighted by molar-refractivity contribution is 5.44. The first kappa shape index (κ1) is 22.5. The molecule has 1 aliphatic carbocycles. The maximum absolute atomic E-state index is 14.8. The fraction of sp³-hybridized carbons (Fsp3) is 0.500. The average Bonchev–Trinajstić information content (AvgIpc) is 2.72. The molecule has 30 heavy (non-hydrogen) atoms. The molecule has 3 rings (SSSR count). The molecular weight excluding hydrogens is 390 g/mol. The van der Waals surface area contributed by atoms with Crippen LogP contribution in [0.5, 0.6) is 11.5 Å². The van der Waals surface area contributed by atoms with Crippen molar-refractivity contribution in [1.29, 1.82) is 0 Å². The summed E-state index contributed by atoms with van der Waals surface area (Å²) in [6.07, 6.45) is 6.95. The summed E-state index contributed by atoms with van der Waals surface area (Å²) in [5.41, 5.74) is 1.12. The van der Waals surface area contributed by atoms with Crippen molar-refractivity contribution in [3.63, 3.8) is 0 Å². The standard InChI is InChI=1S/C24H30F2O4/c25-20-16-18(6-8-22(20)29-14-12-27)24(10-4-2-1-3-5-11-24)19-7-9-23(21(26)17-19)30-15-13-28/h6-9,16-17,27-28H,1-5,10-15H2. The van der Waals surface area contributed by atoms with Gasteiger partial charge in [-0.15, -0.1) is 0 Å². The van der Waals surface area contributed by atoms with Gasteiger partial charge in [-0.3, -0.25) is 0 Å². The summed E-state index contributed by atoms with van der Waals surface area (Å²) >= 11 is 0. The highest BCUT2D eigenvalue weighted by Crippen LogP contribution is 2.45. The molecule has 0 bridgehead atoms. The van der Waals surface area contributed by atoms with Gasteiger partial charge in [0.1, 0.15) is 13.2 Å². The van der Waals surface area contributed by atoms with E-state index in [2.05, 4.69) is 0 Å². The van der Waals surface area contributed by atoms with Crippen LogP contribution in [-0.4, -0.2) is 36.6 Å². The number of halogens is 2. The molecule has 0 atom stereocenters. The van der Waals surface area contributed by atoms with Crippen LogP contribution >= 0.6 is 0 Å². The van der Waals surface area contributed by atoms with Crippen molar-refractivity contribution in [3.8, 4) is 11.5 Å². The van der Waals surface area contributed by atoms with E-state index >= 15 is 0 Å². The van der Waals surface area contributed by atoms with E-state index in [9.17, 15) is 8.78 Å². The van der Waals surface area contributed by atoms with E-state index in [0.29, 0.717) is 0 Å². The van der Waals surface area contributed by atoms with Crippen LogP contribution in [0.1, 0.15) is 56.1 Å². The molecule has 0 amide bonds. The van der Waals surface area contributed by atoms with Crippen molar-refractivity contribution in [2.24, 2.45) is 0 Å². The van der Waals surface area contributed by atoms with E-state index in [1.807, 2.05) is 12.1 Å². The molecule has 4 nitrogen and oxygen atoms in total. The number of ether oxygens (including phenoxy) is 2. The van der Waals surface area contributed by atoms with Gasteiger partial charge in [0.05, 0.1) is 13.2 Å². The Morgan fingerprint density at radius 1 is 0.700 bits per heavy atom. The van der Waals surface area contributed by atoms with Crippen molar-refractivity contribution in [2.45, 2.75) is 50.4 Å². The van der Waals surface area contributed by atoms with Gasteiger partial charge in [0, 0.05) is 5.41 Å². The predicted molar refractivity (Wildman–Crippen MR) is 111 cm³/mol. The molecule has 2 aromatic rings. The van der Waals surface area contributed by atoms with Crippen LogP contribution in [0.4, 0.5) is 8.78 Å². The smallest absolute Gasteiger partial charge is 0.165 e. The van der Waals surface area contributed by atoms with Crippen molar-refractivity contribution >= 4 is 0 Å². The van der Waals surface area contributed by atoms with Crippen LogP contribution in [0.15, 0.2) is 36.4 Å². The monoisotopic (exact) mass is 420 g/mol. The highest BCUT2D eigenvalue weighted by atomic mass is 19.1. The topological polar surface area (TPSA) is 58.9 Å². The van der Waals surface area contributed by atoms with Gasteiger partial charge in [-0.2, -0.15) is 0 Å². The Balaban J connectivity index is 2.01. The van der Waals surface area contributed by atoms with Gasteiger partial charge in [-0.05, 0) is 48.2 Å². The third kappa shape index (κ3) is 5.10. The lowest BCUT2D eigenvalue weighted by Gasteiger charge is -2.37. The zero-order valence-electron chi connectivity index (χ0n) is 17.2. The molecule has 0 aliphatic heterocycles. The molecule has 0 spiro atoms. The molecule has 2 N–H and O–H groups in total. The normalized spacial score (nSPS) is 16.5. The lowest BCUT2D eigenvalue weighted by atomic mass is 9.67.